The van der Waals surface area contributed by atoms with E-state index in [0.717, 1.165) is 28.5 Å². The summed E-state index contributed by atoms with van der Waals surface area (Å²) in [6.07, 6.45) is 3.28. The summed E-state index contributed by atoms with van der Waals surface area (Å²) >= 11 is 7.28. The maximum atomic E-state index is 11.1. The van der Waals surface area contributed by atoms with E-state index in [2.05, 4.69) is 0 Å². The van der Waals surface area contributed by atoms with Gasteiger partial charge in [0.05, 0.1) is 9.75 Å². The minimum Gasteiger partial charge on any atom is -0.481 e. The standard InChI is InChI=1S/C10H11ClO2S/c11-8-3-2-7(14-8)6-10(9(12)13)4-1-5-10/h2-3H,1,4-6H2,(H,12,13). The Morgan fingerprint density at radius 3 is 2.64 bits per heavy atom. The number of thiophene rings is 1. The maximum absolute atomic E-state index is 11.1. The van der Waals surface area contributed by atoms with E-state index in [1.165, 1.54) is 11.3 Å². The third-order valence-corrected chi connectivity index (χ3v) is 4.14. The van der Waals surface area contributed by atoms with Crippen molar-refractivity contribution >= 4 is 28.9 Å². The number of halogens is 1. The molecule has 0 radical (unpaired) electrons. The van der Waals surface area contributed by atoms with E-state index >= 15 is 0 Å². The second-order valence-corrected chi connectivity index (χ2v) is 5.62. The predicted molar refractivity (Wildman–Crippen MR) is 57.0 cm³/mol. The maximum Gasteiger partial charge on any atom is 0.309 e. The van der Waals surface area contributed by atoms with Gasteiger partial charge in [0.2, 0.25) is 0 Å². The lowest BCUT2D eigenvalue weighted by Gasteiger charge is -2.37. The van der Waals surface area contributed by atoms with Gasteiger partial charge in [0.15, 0.2) is 0 Å². The molecular weight excluding hydrogens is 220 g/mol. The van der Waals surface area contributed by atoms with Gasteiger partial charge < -0.3 is 5.11 Å². The van der Waals surface area contributed by atoms with Crippen molar-refractivity contribution < 1.29 is 9.90 Å². The van der Waals surface area contributed by atoms with Crippen LogP contribution in [-0.4, -0.2) is 11.1 Å². The summed E-state index contributed by atoms with van der Waals surface area (Å²) < 4.78 is 0.736. The molecule has 1 aromatic rings. The second kappa shape index (κ2) is 3.55. The molecule has 14 heavy (non-hydrogen) atoms. The van der Waals surface area contributed by atoms with E-state index < -0.39 is 11.4 Å². The van der Waals surface area contributed by atoms with Gasteiger partial charge in [-0.15, -0.1) is 11.3 Å². The first-order chi connectivity index (χ1) is 6.62. The summed E-state index contributed by atoms with van der Waals surface area (Å²) in [5.41, 5.74) is -0.492. The highest BCUT2D eigenvalue weighted by molar-refractivity contribution is 7.16. The largest absolute Gasteiger partial charge is 0.481 e. The Kier molecular flexibility index (Phi) is 2.54. The lowest BCUT2D eigenvalue weighted by Crippen LogP contribution is -2.39. The molecule has 0 bridgehead atoms. The van der Waals surface area contributed by atoms with E-state index in [-0.39, 0.29) is 0 Å². The van der Waals surface area contributed by atoms with Crippen molar-refractivity contribution in [1.29, 1.82) is 0 Å². The summed E-state index contributed by atoms with van der Waals surface area (Å²) in [5.74, 6) is -0.659. The molecule has 0 aliphatic heterocycles. The van der Waals surface area contributed by atoms with E-state index in [0.29, 0.717) is 6.42 Å². The third kappa shape index (κ3) is 1.66. The molecule has 2 rings (SSSR count). The molecular formula is C10H11ClO2S. The Balaban J connectivity index is 2.12. The van der Waals surface area contributed by atoms with Crippen LogP contribution in [0.25, 0.3) is 0 Å². The van der Waals surface area contributed by atoms with Gasteiger partial charge in [0, 0.05) is 4.88 Å². The Bertz CT molecular complexity index is 355. The number of rotatable bonds is 3. The number of hydrogen-bond donors (Lipinski definition) is 1. The molecule has 1 heterocycles. The molecule has 0 saturated heterocycles. The fourth-order valence-corrected chi connectivity index (χ4v) is 3.08. The SMILES string of the molecule is O=C(O)C1(Cc2ccc(Cl)s2)CCC1. The fourth-order valence-electron chi connectivity index (χ4n) is 1.85. The number of aliphatic carboxylic acids is 1. The average Bonchev–Trinajstić information content (AvgIpc) is 2.43. The van der Waals surface area contributed by atoms with Gasteiger partial charge in [-0.3, -0.25) is 4.79 Å². The molecule has 1 N–H and O–H groups in total. The average molecular weight is 231 g/mol. The quantitative estimate of drug-likeness (QED) is 0.866. The molecule has 1 aliphatic rings. The van der Waals surface area contributed by atoms with Crippen LogP contribution in [0.5, 0.6) is 0 Å². The molecule has 0 spiro atoms. The van der Waals surface area contributed by atoms with Crippen molar-refractivity contribution in [3.63, 3.8) is 0 Å². The van der Waals surface area contributed by atoms with Crippen molar-refractivity contribution in [2.24, 2.45) is 5.41 Å². The van der Waals surface area contributed by atoms with Crippen molar-refractivity contribution in [2.45, 2.75) is 25.7 Å². The van der Waals surface area contributed by atoms with Crippen LogP contribution in [-0.2, 0) is 11.2 Å². The number of carboxylic acid groups (broad SMARTS) is 1. The third-order valence-electron chi connectivity index (χ3n) is 2.91. The van der Waals surface area contributed by atoms with Gasteiger partial charge in [0.1, 0.15) is 0 Å². The molecule has 0 unspecified atom stereocenters. The van der Waals surface area contributed by atoms with Crippen LogP contribution in [0.2, 0.25) is 4.34 Å². The smallest absolute Gasteiger partial charge is 0.309 e. The molecule has 0 amide bonds. The molecule has 1 aromatic heterocycles. The van der Waals surface area contributed by atoms with E-state index in [1.54, 1.807) is 0 Å². The molecule has 1 fully saturated rings. The van der Waals surface area contributed by atoms with Crippen LogP contribution in [0.15, 0.2) is 12.1 Å². The van der Waals surface area contributed by atoms with Gasteiger partial charge in [-0.2, -0.15) is 0 Å². The van der Waals surface area contributed by atoms with Gasteiger partial charge in [-0.05, 0) is 31.4 Å². The van der Waals surface area contributed by atoms with Crippen LogP contribution in [0.3, 0.4) is 0 Å². The highest BCUT2D eigenvalue weighted by Gasteiger charge is 2.44. The summed E-state index contributed by atoms with van der Waals surface area (Å²) in [7, 11) is 0. The highest BCUT2D eigenvalue weighted by Crippen LogP contribution is 2.45. The lowest BCUT2D eigenvalue weighted by molar-refractivity contribution is -0.154. The van der Waals surface area contributed by atoms with E-state index in [4.69, 9.17) is 16.7 Å². The molecule has 76 valence electrons. The monoisotopic (exact) mass is 230 g/mol. The first-order valence-corrected chi connectivity index (χ1v) is 5.79. The molecule has 4 heteroatoms. The first-order valence-electron chi connectivity index (χ1n) is 4.60. The van der Waals surface area contributed by atoms with Crippen LogP contribution in [0.4, 0.5) is 0 Å². The van der Waals surface area contributed by atoms with Gasteiger partial charge >= 0.3 is 5.97 Å². The highest BCUT2D eigenvalue weighted by atomic mass is 35.5. The minimum absolute atomic E-state index is 0.492. The molecule has 0 aromatic carbocycles. The zero-order valence-electron chi connectivity index (χ0n) is 7.62. The molecule has 1 aliphatic carbocycles. The summed E-state index contributed by atoms with van der Waals surface area (Å²) in [6, 6.07) is 3.76. The summed E-state index contributed by atoms with van der Waals surface area (Å²) in [6.45, 7) is 0. The zero-order valence-corrected chi connectivity index (χ0v) is 9.20. The van der Waals surface area contributed by atoms with Crippen molar-refractivity contribution in [3.05, 3.63) is 21.3 Å². The Morgan fingerprint density at radius 1 is 1.57 bits per heavy atom. The predicted octanol–water partition coefficient (Wildman–Crippen LogP) is 3.20. The van der Waals surface area contributed by atoms with E-state index in [1.807, 2.05) is 12.1 Å². The normalized spacial score (nSPS) is 18.9. The van der Waals surface area contributed by atoms with Gasteiger partial charge in [-0.25, -0.2) is 0 Å². The topological polar surface area (TPSA) is 37.3 Å². The Labute approximate surface area is 91.5 Å². The minimum atomic E-state index is -0.659. The van der Waals surface area contributed by atoms with Crippen LogP contribution in [0.1, 0.15) is 24.1 Å². The van der Waals surface area contributed by atoms with Crippen molar-refractivity contribution in [1.82, 2.24) is 0 Å². The van der Waals surface area contributed by atoms with Crippen LogP contribution >= 0.6 is 22.9 Å². The second-order valence-electron chi connectivity index (χ2n) is 3.82. The van der Waals surface area contributed by atoms with Crippen LogP contribution in [0, 0.1) is 5.41 Å². The molecule has 1 saturated carbocycles. The summed E-state index contributed by atoms with van der Waals surface area (Å²) in [5, 5.41) is 9.12. The van der Waals surface area contributed by atoms with E-state index in [9.17, 15) is 4.79 Å². The lowest BCUT2D eigenvalue weighted by atomic mass is 9.66. The number of carboxylic acids is 1. The Hall–Kier alpha value is -0.540. The first kappa shape index (κ1) is 9.99. The van der Waals surface area contributed by atoms with Gasteiger partial charge in [0.25, 0.3) is 0 Å². The van der Waals surface area contributed by atoms with Gasteiger partial charge in [-0.1, -0.05) is 18.0 Å². The summed E-state index contributed by atoms with van der Waals surface area (Å²) in [4.78, 5) is 12.2. The number of hydrogen-bond acceptors (Lipinski definition) is 2. The van der Waals surface area contributed by atoms with Crippen molar-refractivity contribution in [2.75, 3.05) is 0 Å². The Morgan fingerprint density at radius 2 is 2.29 bits per heavy atom. The molecule has 2 nitrogen and oxygen atoms in total. The van der Waals surface area contributed by atoms with Crippen LogP contribution < -0.4 is 0 Å². The van der Waals surface area contributed by atoms with Crippen molar-refractivity contribution in [3.8, 4) is 0 Å². The zero-order chi connectivity index (χ0) is 10.2. The number of carbonyl (C=O) groups is 1. The fraction of sp³-hybridized carbons (Fsp3) is 0.500. The molecule has 0 atom stereocenters.